The molecule has 0 fully saturated rings. The second-order valence-electron chi connectivity index (χ2n) is 4.42. The molecule has 0 aliphatic rings. The number of hydrazine groups is 1. The van der Waals surface area contributed by atoms with Gasteiger partial charge in [0.05, 0.1) is 0 Å². The highest BCUT2D eigenvalue weighted by molar-refractivity contribution is 5.89. The largest absolute Gasteiger partial charge is 0.299 e. The van der Waals surface area contributed by atoms with Gasteiger partial charge in [-0.2, -0.15) is 4.57 Å². The van der Waals surface area contributed by atoms with E-state index in [1.54, 1.807) is 0 Å². The molecule has 3 N–H and O–H groups in total. The lowest BCUT2D eigenvalue weighted by atomic mass is 10.1. The first-order valence-electron chi connectivity index (χ1n) is 6.09. The highest BCUT2D eigenvalue weighted by Gasteiger charge is 2.17. The molecule has 19 heavy (non-hydrogen) atoms. The first kappa shape index (κ1) is 11.6. The van der Waals surface area contributed by atoms with Gasteiger partial charge in [0.2, 0.25) is 17.6 Å². The Balaban J connectivity index is 2.36. The Morgan fingerprint density at radius 3 is 2.05 bits per heavy atom. The summed E-state index contributed by atoms with van der Waals surface area (Å²) in [6.07, 6.45) is 0. The van der Waals surface area contributed by atoms with Gasteiger partial charge in [-0.3, -0.25) is 10.2 Å². The maximum absolute atomic E-state index is 11.6. The molecule has 0 atom stereocenters. The molecule has 0 saturated heterocycles. The molecule has 0 aliphatic carbocycles. The van der Waals surface area contributed by atoms with Crippen LogP contribution >= 0.6 is 0 Å². The molecule has 0 aliphatic heterocycles. The number of rotatable bonds is 2. The second kappa shape index (κ2) is 4.66. The number of nitrogens with two attached hydrogens (primary N) is 1. The van der Waals surface area contributed by atoms with E-state index >= 15 is 0 Å². The van der Waals surface area contributed by atoms with Crippen molar-refractivity contribution in [2.45, 2.75) is 6.54 Å². The minimum Gasteiger partial charge on any atom is -0.289 e. The van der Waals surface area contributed by atoms with Crippen molar-refractivity contribution >= 4 is 27.7 Å². The van der Waals surface area contributed by atoms with Gasteiger partial charge in [-0.05, 0) is 18.2 Å². The first-order chi connectivity index (χ1) is 9.29. The van der Waals surface area contributed by atoms with Crippen LogP contribution in [0.3, 0.4) is 0 Å². The molecule has 1 aromatic heterocycles. The fraction of sp³-hybridized carbons (Fsp3) is 0.0667. The van der Waals surface area contributed by atoms with E-state index in [-0.39, 0.29) is 12.5 Å². The molecule has 0 saturated carbocycles. The van der Waals surface area contributed by atoms with Crippen LogP contribution in [0.15, 0.2) is 54.6 Å². The number of carbonyl (C=O) groups is 1. The van der Waals surface area contributed by atoms with Crippen molar-refractivity contribution in [2.24, 2.45) is 5.84 Å². The topological polar surface area (TPSA) is 59.0 Å². The number of nitrogens with zero attached hydrogens (tertiary/aromatic N) is 1. The zero-order chi connectivity index (χ0) is 13.2. The molecule has 0 spiro atoms. The number of carbonyl (C=O) groups excluding carboxylic acids is 1. The van der Waals surface area contributed by atoms with Gasteiger partial charge >= 0.3 is 0 Å². The molecule has 3 rings (SSSR count). The predicted octanol–water partition coefficient (Wildman–Crippen LogP) is 1.27. The van der Waals surface area contributed by atoms with Crippen LogP contribution in [0.25, 0.3) is 21.8 Å². The molecule has 0 unspecified atom stereocenters. The van der Waals surface area contributed by atoms with Crippen LogP contribution in [0, 0.1) is 0 Å². The maximum atomic E-state index is 11.6. The van der Waals surface area contributed by atoms with Gasteiger partial charge in [0, 0.05) is 22.9 Å². The van der Waals surface area contributed by atoms with Crippen molar-refractivity contribution in [3.63, 3.8) is 0 Å². The van der Waals surface area contributed by atoms with E-state index in [1.807, 2.05) is 53.1 Å². The third-order valence-corrected chi connectivity index (χ3v) is 3.23. The van der Waals surface area contributed by atoms with Gasteiger partial charge < -0.3 is 0 Å². The van der Waals surface area contributed by atoms with Crippen molar-refractivity contribution in [2.75, 3.05) is 0 Å². The lowest BCUT2D eigenvalue weighted by Crippen LogP contribution is -2.46. The SMILES string of the molecule is NNC(=O)C[n+]1c2ccccc2cc2ccccc21. The van der Waals surface area contributed by atoms with Crippen molar-refractivity contribution in [1.82, 2.24) is 5.43 Å². The number of hydrogen-bond acceptors (Lipinski definition) is 2. The molecule has 1 heterocycles. The van der Waals surface area contributed by atoms with Crippen LogP contribution in [-0.2, 0) is 11.3 Å². The van der Waals surface area contributed by atoms with Crippen LogP contribution in [0.4, 0.5) is 0 Å². The normalized spacial score (nSPS) is 10.8. The van der Waals surface area contributed by atoms with Gasteiger partial charge in [0.1, 0.15) is 0 Å². The maximum Gasteiger partial charge on any atom is 0.299 e. The summed E-state index contributed by atoms with van der Waals surface area (Å²) in [6.45, 7) is 0.207. The Morgan fingerprint density at radius 1 is 1.00 bits per heavy atom. The average Bonchev–Trinajstić information content (AvgIpc) is 2.46. The summed E-state index contributed by atoms with van der Waals surface area (Å²) < 4.78 is 1.98. The van der Waals surface area contributed by atoms with Gasteiger partial charge in [-0.25, -0.2) is 5.84 Å². The van der Waals surface area contributed by atoms with Gasteiger partial charge in [-0.15, -0.1) is 0 Å². The van der Waals surface area contributed by atoms with E-state index < -0.39 is 0 Å². The number of para-hydroxylation sites is 2. The standard InChI is InChI=1S/C15H13N3O/c16-17-15(19)10-18-13-7-3-1-5-11(13)9-12-6-2-4-8-14(12)18/h1-9H,10,16H2/p+1. The number of pyridine rings is 1. The van der Waals surface area contributed by atoms with Crippen LogP contribution < -0.4 is 15.8 Å². The first-order valence-corrected chi connectivity index (χ1v) is 6.09. The summed E-state index contributed by atoms with van der Waals surface area (Å²) in [4.78, 5) is 11.6. The van der Waals surface area contributed by atoms with Crippen LogP contribution in [0.5, 0.6) is 0 Å². The molecule has 3 aromatic rings. The summed E-state index contributed by atoms with van der Waals surface area (Å²) in [7, 11) is 0. The quantitative estimate of drug-likeness (QED) is 0.237. The molecule has 1 amide bonds. The van der Waals surface area contributed by atoms with E-state index in [9.17, 15) is 4.79 Å². The third kappa shape index (κ3) is 2.02. The fourth-order valence-corrected chi connectivity index (χ4v) is 2.37. The van der Waals surface area contributed by atoms with Crippen LogP contribution in [-0.4, -0.2) is 5.91 Å². The summed E-state index contributed by atoms with van der Waals surface area (Å²) in [5, 5.41) is 2.21. The van der Waals surface area contributed by atoms with Crippen molar-refractivity contribution in [3.8, 4) is 0 Å². The van der Waals surface area contributed by atoms with E-state index in [1.165, 1.54) is 0 Å². The highest BCUT2D eigenvalue weighted by atomic mass is 16.2. The lowest BCUT2D eigenvalue weighted by Gasteiger charge is -2.05. The Bertz CT molecular complexity index is 714. The Hall–Kier alpha value is -2.46. The molecule has 0 radical (unpaired) electrons. The summed E-state index contributed by atoms with van der Waals surface area (Å²) in [5.74, 6) is 4.98. The average molecular weight is 252 g/mol. The molecule has 0 bridgehead atoms. The number of benzene rings is 2. The van der Waals surface area contributed by atoms with Crippen molar-refractivity contribution in [1.29, 1.82) is 0 Å². The van der Waals surface area contributed by atoms with E-state index in [0.717, 1.165) is 21.8 Å². The number of nitrogens with one attached hydrogen (secondary N) is 1. The van der Waals surface area contributed by atoms with E-state index in [4.69, 9.17) is 5.84 Å². The van der Waals surface area contributed by atoms with Gasteiger partial charge in [-0.1, -0.05) is 24.3 Å². The van der Waals surface area contributed by atoms with Crippen LogP contribution in [0.1, 0.15) is 0 Å². The van der Waals surface area contributed by atoms with Crippen molar-refractivity contribution in [3.05, 3.63) is 54.6 Å². The number of hydrogen-bond donors (Lipinski definition) is 2. The highest BCUT2D eigenvalue weighted by Crippen LogP contribution is 2.17. The number of aromatic nitrogens is 1. The van der Waals surface area contributed by atoms with Gasteiger partial charge in [0.15, 0.2) is 0 Å². The molecule has 2 aromatic carbocycles. The third-order valence-electron chi connectivity index (χ3n) is 3.23. The Kier molecular flexibility index (Phi) is 2.85. The zero-order valence-corrected chi connectivity index (χ0v) is 10.3. The monoisotopic (exact) mass is 252 g/mol. The zero-order valence-electron chi connectivity index (χ0n) is 10.3. The molecular weight excluding hydrogens is 238 g/mol. The van der Waals surface area contributed by atoms with Gasteiger partial charge in [0.25, 0.3) is 5.91 Å². The summed E-state index contributed by atoms with van der Waals surface area (Å²) in [6, 6.07) is 18.1. The molecule has 94 valence electrons. The Labute approximate surface area is 110 Å². The van der Waals surface area contributed by atoms with Crippen molar-refractivity contribution < 1.29 is 9.36 Å². The molecule has 4 heteroatoms. The minimum absolute atomic E-state index is 0.207. The number of fused-ring (bicyclic) bond motifs is 2. The predicted molar refractivity (Wildman–Crippen MR) is 74.0 cm³/mol. The number of amides is 1. The second-order valence-corrected chi connectivity index (χ2v) is 4.42. The minimum atomic E-state index is -0.216. The smallest absolute Gasteiger partial charge is 0.289 e. The molecule has 4 nitrogen and oxygen atoms in total. The summed E-state index contributed by atoms with van der Waals surface area (Å²) >= 11 is 0. The lowest BCUT2D eigenvalue weighted by molar-refractivity contribution is -0.632. The molecular formula is C15H14N3O+. The van der Waals surface area contributed by atoms with E-state index in [0.29, 0.717) is 0 Å². The Morgan fingerprint density at radius 2 is 1.53 bits per heavy atom. The summed E-state index contributed by atoms with van der Waals surface area (Å²) in [5.41, 5.74) is 4.22. The fourth-order valence-electron chi connectivity index (χ4n) is 2.37. The van der Waals surface area contributed by atoms with E-state index in [2.05, 4.69) is 11.5 Å². The van der Waals surface area contributed by atoms with Crippen LogP contribution in [0.2, 0.25) is 0 Å².